The lowest BCUT2D eigenvalue weighted by Gasteiger charge is -2.05. The predicted molar refractivity (Wildman–Crippen MR) is 86.7 cm³/mol. The first-order valence-corrected chi connectivity index (χ1v) is 7.53. The van der Waals surface area contributed by atoms with Gasteiger partial charge in [0.05, 0.1) is 0 Å². The molecule has 3 rings (SSSR count). The quantitative estimate of drug-likeness (QED) is 0.770. The highest BCUT2D eigenvalue weighted by Gasteiger charge is 2.18. The number of carbonyl (C=O) groups is 1. The Morgan fingerprint density at radius 2 is 1.50 bits per heavy atom. The fourth-order valence-corrected chi connectivity index (χ4v) is 2.58. The largest absolute Gasteiger partial charge is 0.476 e. The van der Waals surface area contributed by atoms with Crippen molar-refractivity contribution < 1.29 is 18.8 Å². The van der Waals surface area contributed by atoms with Gasteiger partial charge in [0.2, 0.25) is 0 Å². The van der Waals surface area contributed by atoms with E-state index in [0.29, 0.717) is 24.2 Å². The number of hydrogen-bond donors (Lipinski definition) is 1. The summed E-state index contributed by atoms with van der Waals surface area (Å²) in [7, 11) is 0. The van der Waals surface area contributed by atoms with E-state index >= 15 is 0 Å². The molecule has 0 saturated carbocycles. The molecule has 0 unspecified atom stereocenters. The van der Waals surface area contributed by atoms with E-state index in [0.717, 1.165) is 16.7 Å². The highest BCUT2D eigenvalue weighted by Crippen LogP contribution is 2.19. The average Bonchev–Trinajstić information content (AvgIpc) is 2.93. The molecule has 0 spiro atoms. The number of nitrogens with zero attached hydrogens (tertiary/aromatic N) is 1. The van der Waals surface area contributed by atoms with Crippen LogP contribution in [0.3, 0.4) is 0 Å². The smallest absolute Gasteiger partial charge is 0.358 e. The Labute approximate surface area is 138 Å². The third-order valence-corrected chi connectivity index (χ3v) is 3.91. The third-order valence-electron chi connectivity index (χ3n) is 3.91. The van der Waals surface area contributed by atoms with Crippen molar-refractivity contribution in [1.29, 1.82) is 0 Å². The van der Waals surface area contributed by atoms with Gasteiger partial charge in [-0.2, -0.15) is 0 Å². The number of aryl methyl sites for hydroxylation is 1. The van der Waals surface area contributed by atoms with Gasteiger partial charge in [0.15, 0.2) is 5.69 Å². The van der Waals surface area contributed by atoms with Crippen molar-refractivity contribution in [2.45, 2.75) is 19.8 Å². The van der Waals surface area contributed by atoms with Gasteiger partial charge in [-0.05, 0) is 42.2 Å². The minimum absolute atomic E-state index is 0.0390. The van der Waals surface area contributed by atoms with Crippen LogP contribution in [0.4, 0.5) is 4.39 Å². The van der Waals surface area contributed by atoms with Gasteiger partial charge >= 0.3 is 5.97 Å². The zero-order valence-corrected chi connectivity index (χ0v) is 13.1. The summed E-state index contributed by atoms with van der Waals surface area (Å²) >= 11 is 0. The second kappa shape index (κ2) is 6.66. The lowest BCUT2D eigenvalue weighted by atomic mass is 9.99. The molecule has 24 heavy (non-hydrogen) atoms. The molecule has 0 aliphatic rings. The minimum atomic E-state index is -1.09. The Hall–Kier alpha value is -2.95. The summed E-state index contributed by atoms with van der Waals surface area (Å²) in [6.07, 6.45) is 1.17. The lowest BCUT2D eigenvalue weighted by Crippen LogP contribution is -2.02. The van der Waals surface area contributed by atoms with Crippen molar-refractivity contribution in [2.75, 3.05) is 0 Å². The highest BCUT2D eigenvalue weighted by atomic mass is 19.1. The Kier molecular flexibility index (Phi) is 4.42. The number of carboxylic acid groups (broad SMARTS) is 1. The van der Waals surface area contributed by atoms with Crippen molar-refractivity contribution >= 4 is 5.97 Å². The summed E-state index contributed by atoms with van der Waals surface area (Å²) in [5.74, 6) is -0.815. The minimum Gasteiger partial charge on any atom is -0.476 e. The molecule has 1 heterocycles. The molecule has 1 aromatic heterocycles. The topological polar surface area (TPSA) is 63.3 Å². The van der Waals surface area contributed by atoms with Crippen molar-refractivity contribution in [2.24, 2.45) is 0 Å². The van der Waals surface area contributed by atoms with E-state index in [2.05, 4.69) is 5.16 Å². The van der Waals surface area contributed by atoms with E-state index in [4.69, 9.17) is 9.63 Å². The SMILES string of the molecule is Cc1onc(C(=O)O)c1Cc1ccc(Cc2ccc(F)cc2)cc1. The summed E-state index contributed by atoms with van der Waals surface area (Å²) in [6.45, 7) is 1.71. The first-order chi connectivity index (χ1) is 11.5. The Balaban J connectivity index is 1.74. The molecule has 4 nitrogen and oxygen atoms in total. The Morgan fingerprint density at radius 1 is 1.00 bits per heavy atom. The maximum atomic E-state index is 12.9. The molecule has 3 aromatic rings. The summed E-state index contributed by atoms with van der Waals surface area (Å²) in [4.78, 5) is 11.2. The lowest BCUT2D eigenvalue weighted by molar-refractivity contribution is 0.0685. The van der Waals surface area contributed by atoms with Crippen molar-refractivity contribution in [3.63, 3.8) is 0 Å². The van der Waals surface area contributed by atoms with E-state index in [1.165, 1.54) is 12.1 Å². The molecule has 0 fully saturated rings. The van der Waals surface area contributed by atoms with E-state index in [1.807, 2.05) is 24.3 Å². The molecule has 5 heteroatoms. The van der Waals surface area contributed by atoms with Crippen molar-refractivity contribution in [3.05, 3.63) is 88.1 Å². The zero-order valence-electron chi connectivity index (χ0n) is 13.1. The first kappa shape index (κ1) is 15.9. The number of carboxylic acids is 1. The third kappa shape index (κ3) is 3.51. The molecule has 0 saturated heterocycles. The molecule has 2 aromatic carbocycles. The fourth-order valence-electron chi connectivity index (χ4n) is 2.58. The van der Waals surface area contributed by atoms with Gasteiger partial charge in [-0.25, -0.2) is 9.18 Å². The molecular weight excluding hydrogens is 309 g/mol. The number of hydrogen-bond acceptors (Lipinski definition) is 3. The van der Waals surface area contributed by atoms with Crippen LogP contribution in [0.1, 0.15) is 38.5 Å². The second-order valence-corrected chi connectivity index (χ2v) is 5.67. The molecule has 0 aliphatic heterocycles. The van der Waals surface area contributed by atoms with Crippen LogP contribution in [0, 0.1) is 12.7 Å². The van der Waals surface area contributed by atoms with E-state index in [1.54, 1.807) is 19.1 Å². The van der Waals surface area contributed by atoms with Crippen molar-refractivity contribution in [1.82, 2.24) is 5.16 Å². The van der Waals surface area contributed by atoms with E-state index in [-0.39, 0.29) is 11.5 Å². The summed E-state index contributed by atoms with van der Waals surface area (Å²) in [6, 6.07) is 14.3. The standard InChI is InChI=1S/C19H16FNO3/c1-12-17(18(19(22)23)21-24-12)11-15-4-2-13(3-5-15)10-14-6-8-16(20)9-7-14/h2-9H,10-11H2,1H3,(H,22,23). The zero-order chi connectivity index (χ0) is 17.1. The van der Waals surface area contributed by atoms with Gasteiger partial charge in [0.25, 0.3) is 0 Å². The maximum absolute atomic E-state index is 12.9. The molecule has 0 bridgehead atoms. The van der Waals surface area contributed by atoms with Crippen LogP contribution in [0.25, 0.3) is 0 Å². The van der Waals surface area contributed by atoms with Crippen LogP contribution >= 0.6 is 0 Å². The van der Waals surface area contributed by atoms with Gasteiger partial charge in [0.1, 0.15) is 11.6 Å². The molecule has 122 valence electrons. The first-order valence-electron chi connectivity index (χ1n) is 7.53. The van der Waals surface area contributed by atoms with Crippen LogP contribution in [-0.2, 0) is 12.8 Å². The molecule has 1 N–H and O–H groups in total. The van der Waals surface area contributed by atoms with E-state index < -0.39 is 5.97 Å². The van der Waals surface area contributed by atoms with E-state index in [9.17, 15) is 9.18 Å². The fraction of sp³-hybridized carbons (Fsp3) is 0.158. The van der Waals surface area contributed by atoms with Crippen LogP contribution in [0.5, 0.6) is 0 Å². The monoisotopic (exact) mass is 325 g/mol. The molecule has 0 amide bonds. The highest BCUT2D eigenvalue weighted by molar-refractivity contribution is 5.87. The number of rotatable bonds is 5. The van der Waals surface area contributed by atoms with Gasteiger partial charge in [0, 0.05) is 12.0 Å². The average molecular weight is 325 g/mol. The van der Waals surface area contributed by atoms with Gasteiger partial charge in [-0.1, -0.05) is 41.6 Å². The van der Waals surface area contributed by atoms with Crippen LogP contribution in [0.2, 0.25) is 0 Å². The maximum Gasteiger partial charge on any atom is 0.358 e. The van der Waals surface area contributed by atoms with Gasteiger partial charge in [-0.15, -0.1) is 0 Å². The number of halogens is 1. The van der Waals surface area contributed by atoms with Crippen molar-refractivity contribution in [3.8, 4) is 0 Å². The normalized spacial score (nSPS) is 10.8. The predicted octanol–water partition coefficient (Wildman–Crippen LogP) is 4.00. The molecule has 0 radical (unpaired) electrons. The number of aromatic nitrogens is 1. The van der Waals surface area contributed by atoms with Gasteiger partial charge < -0.3 is 9.63 Å². The summed E-state index contributed by atoms with van der Waals surface area (Å²) in [5, 5.41) is 12.7. The second-order valence-electron chi connectivity index (χ2n) is 5.67. The summed E-state index contributed by atoms with van der Waals surface area (Å²) < 4.78 is 17.9. The van der Waals surface area contributed by atoms with Gasteiger partial charge in [-0.3, -0.25) is 0 Å². The number of aromatic carboxylic acids is 1. The number of benzene rings is 2. The summed E-state index contributed by atoms with van der Waals surface area (Å²) in [5.41, 5.74) is 3.67. The molecule has 0 atom stereocenters. The molecular formula is C19H16FNO3. The molecule has 0 aliphatic carbocycles. The van der Waals surface area contributed by atoms with Crippen LogP contribution in [-0.4, -0.2) is 16.2 Å². The van der Waals surface area contributed by atoms with Crippen LogP contribution < -0.4 is 0 Å². The van der Waals surface area contributed by atoms with Crippen LogP contribution in [0.15, 0.2) is 53.1 Å². The Morgan fingerprint density at radius 3 is 2.04 bits per heavy atom. The Bertz CT molecular complexity index is 851.